The molecular formula is C14H14BrFN4. The molecule has 0 radical (unpaired) electrons. The molecule has 0 N–H and O–H groups in total. The lowest BCUT2D eigenvalue weighted by atomic mass is 10.2. The fraction of sp³-hybridized carbons (Fsp3) is 0.286. The van der Waals surface area contributed by atoms with Crippen LogP contribution in [0, 0.1) is 5.82 Å². The summed E-state index contributed by atoms with van der Waals surface area (Å²) in [6.45, 7) is 3.55. The van der Waals surface area contributed by atoms with Crippen molar-refractivity contribution in [3.8, 4) is 0 Å². The van der Waals surface area contributed by atoms with Gasteiger partial charge < -0.3 is 9.80 Å². The summed E-state index contributed by atoms with van der Waals surface area (Å²) in [6, 6.07) is 6.66. The van der Waals surface area contributed by atoms with Crippen LogP contribution in [0.15, 0.2) is 41.3 Å². The smallest absolute Gasteiger partial charge is 0.146 e. The van der Waals surface area contributed by atoms with E-state index in [1.165, 1.54) is 12.1 Å². The third kappa shape index (κ3) is 2.75. The van der Waals surface area contributed by atoms with Gasteiger partial charge in [0, 0.05) is 38.1 Å². The maximum atomic E-state index is 12.9. The Balaban J connectivity index is 1.68. The van der Waals surface area contributed by atoms with Gasteiger partial charge in [-0.15, -0.1) is 0 Å². The van der Waals surface area contributed by atoms with Crippen molar-refractivity contribution in [2.45, 2.75) is 0 Å². The summed E-state index contributed by atoms with van der Waals surface area (Å²) in [4.78, 5) is 12.8. The number of piperazine rings is 1. The van der Waals surface area contributed by atoms with Gasteiger partial charge in [-0.1, -0.05) is 0 Å². The molecule has 3 rings (SSSR count). The minimum atomic E-state index is -0.197. The van der Waals surface area contributed by atoms with Crippen LogP contribution in [-0.4, -0.2) is 36.1 Å². The molecule has 104 valence electrons. The molecule has 2 aromatic rings. The molecule has 20 heavy (non-hydrogen) atoms. The Bertz CT molecular complexity index is 582. The lowest BCUT2D eigenvalue weighted by Gasteiger charge is -2.37. The van der Waals surface area contributed by atoms with Crippen LogP contribution in [-0.2, 0) is 0 Å². The van der Waals surface area contributed by atoms with Gasteiger partial charge in [0.05, 0.1) is 4.47 Å². The van der Waals surface area contributed by atoms with Crippen molar-refractivity contribution in [1.82, 2.24) is 9.97 Å². The van der Waals surface area contributed by atoms with Crippen LogP contribution < -0.4 is 9.80 Å². The molecular weight excluding hydrogens is 323 g/mol. The second kappa shape index (κ2) is 5.75. The van der Waals surface area contributed by atoms with Crippen molar-refractivity contribution >= 4 is 27.4 Å². The van der Waals surface area contributed by atoms with E-state index in [0.717, 1.165) is 42.2 Å². The summed E-state index contributed by atoms with van der Waals surface area (Å²) in [5, 5.41) is 0. The van der Waals surface area contributed by atoms with E-state index in [1.807, 2.05) is 12.1 Å². The fourth-order valence-electron chi connectivity index (χ4n) is 2.37. The molecule has 0 unspecified atom stereocenters. The summed E-state index contributed by atoms with van der Waals surface area (Å²) < 4.78 is 13.8. The second-order valence-electron chi connectivity index (χ2n) is 4.64. The van der Waals surface area contributed by atoms with Crippen molar-refractivity contribution in [3.63, 3.8) is 0 Å². The van der Waals surface area contributed by atoms with Crippen LogP contribution in [0.5, 0.6) is 0 Å². The largest absolute Gasteiger partial charge is 0.368 e. The maximum Gasteiger partial charge on any atom is 0.146 e. The molecule has 1 aliphatic rings. The minimum absolute atomic E-state index is 0.197. The molecule has 0 spiro atoms. The van der Waals surface area contributed by atoms with Crippen molar-refractivity contribution in [2.24, 2.45) is 0 Å². The molecule has 0 aliphatic carbocycles. The predicted molar refractivity (Wildman–Crippen MR) is 80.6 cm³/mol. The molecule has 1 aromatic heterocycles. The van der Waals surface area contributed by atoms with Gasteiger partial charge >= 0.3 is 0 Å². The number of nitrogens with zero attached hydrogens (tertiary/aromatic N) is 4. The van der Waals surface area contributed by atoms with E-state index >= 15 is 0 Å². The van der Waals surface area contributed by atoms with E-state index in [1.54, 1.807) is 12.5 Å². The van der Waals surface area contributed by atoms with Gasteiger partial charge in [0.2, 0.25) is 0 Å². The van der Waals surface area contributed by atoms with Crippen LogP contribution in [0.4, 0.5) is 15.9 Å². The van der Waals surface area contributed by atoms with Gasteiger partial charge in [-0.2, -0.15) is 0 Å². The Morgan fingerprint density at radius 1 is 1.00 bits per heavy atom. The number of hydrogen-bond acceptors (Lipinski definition) is 4. The number of benzene rings is 1. The van der Waals surface area contributed by atoms with Gasteiger partial charge in [-0.25, -0.2) is 14.4 Å². The first kappa shape index (κ1) is 13.3. The average Bonchev–Trinajstić information content (AvgIpc) is 2.49. The zero-order valence-electron chi connectivity index (χ0n) is 10.8. The Morgan fingerprint density at radius 3 is 2.30 bits per heavy atom. The van der Waals surface area contributed by atoms with E-state index in [0.29, 0.717) is 0 Å². The number of aromatic nitrogens is 2. The summed E-state index contributed by atoms with van der Waals surface area (Å²) in [7, 11) is 0. The maximum absolute atomic E-state index is 12.9. The van der Waals surface area contributed by atoms with Gasteiger partial charge in [-0.05, 0) is 40.2 Å². The first-order valence-corrected chi connectivity index (χ1v) is 7.24. The zero-order chi connectivity index (χ0) is 13.9. The molecule has 0 amide bonds. The summed E-state index contributed by atoms with van der Waals surface area (Å²) in [6.07, 6.45) is 3.32. The van der Waals surface area contributed by atoms with Gasteiger partial charge in [-0.3, -0.25) is 0 Å². The highest BCUT2D eigenvalue weighted by Gasteiger charge is 2.19. The van der Waals surface area contributed by atoms with E-state index < -0.39 is 0 Å². The van der Waals surface area contributed by atoms with Crippen LogP contribution in [0.25, 0.3) is 0 Å². The molecule has 0 saturated carbocycles. The summed E-state index contributed by atoms with van der Waals surface area (Å²) in [5.74, 6) is 0.732. The Kier molecular flexibility index (Phi) is 3.82. The van der Waals surface area contributed by atoms with Crippen LogP contribution >= 0.6 is 15.9 Å². The van der Waals surface area contributed by atoms with Gasteiger partial charge in [0.15, 0.2) is 0 Å². The number of anilines is 2. The highest BCUT2D eigenvalue weighted by atomic mass is 79.9. The fourth-order valence-corrected chi connectivity index (χ4v) is 2.84. The highest BCUT2D eigenvalue weighted by molar-refractivity contribution is 9.10. The van der Waals surface area contributed by atoms with E-state index in [2.05, 4.69) is 35.7 Å². The van der Waals surface area contributed by atoms with Crippen LogP contribution in [0.3, 0.4) is 0 Å². The zero-order valence-corrected chi connectivity index (χ0v) is 12.4. The Morgan fingerprint density at radius 2 is 1.65 bits per heavy atom. The van der Waals surface area contributed by atoms with Crippen molar-refractivity contribution in [1.29, 1.82) is 0 Å². The minimum Gasteiger partial charge on any atom is -0.368 e. The van der Waals surface area contributed by atoms with Crippen LogP contribution in [0.2, 0.25) is 0 Å². The Hall–Kier alpha value is -1.69. The quantitative estimate of drug-likeness (QED) is 0.844. The molecule has 0 bridgehead atoms. The summed E-state index contributed by atoms with van der Waals surface area (Å²) in [5.41, 5.74) is 1.06. The lowest BCUT2D eigenvalue weighted by molar-refractivity contribution is 0.624. The van der Waals surface area contributed by atoms with Crippen molar-refractivity contribution in [2.75, 3.05) is 36.0 Å². The average molecular weight is 337 g/mol. The van der Waals surface area contributed by atoms with E-state index in [4.69, 9.17) is 0 Å². The van der Waals surface area contributed by atoms with Gasteiger partial charge in [0.25, 0.3) is 0 Å². The standard InChI is InChI=1S/C14H14BrFN4/c15-13-9-17-10-18-14(13)20-7-5-19(6-8-20)12-3-1-11(16)2-4-12/h1-4,9-10H,5-8H2. The molecule has 6 heteroatoms. The van der Waals surface area contributed by atoms with E-state index in [9.17, 15) is 4.39 Å². The third-order valence-corrected chi connectivity index (χ3v) is 3.98. The molecule has 2 heterocycles. The lowest BCUT2D eigenvalue weighted by Crippen LogP contribution is -2.47. The number of rotatable bonds is 2. The molecule has 4 nitrogen and oxygen atoms in total. The molecule has 0 atom stereocenters. The first-order valence-electron chi connectivity index (χ1n) is 6.45. The first-order chi connectivity index (χ1) is 9.74. The summed E-state index contributed by atoms with van der Waals surface area (Å²) >= 11 is 3.48. The number of halogens is 2. The SMILES string of the molecule is Fc1ccc(N2CCN(c3ncncc3Br)CC2)cc1. The number of hydrogen-bond donors (Lipinski definition) is 0. The highest BCUT2D eigenvalue weighted by Crippen LogP contribution is 2.24. The second-order valence-corrected chi connectivity index (χ2v) is 5.50. The normalized spacial score (nSPS) is 15.5. The van der Waals surface area contributed by atoms with Crippen molar-refractivity contribution < 1.29 is 4.39 Å². The van der Waals surface area contributed by atoms with E-state index in [-0.39, 0.29) is 5.82 Å². The Labute approximate surface area is 125 Å². The van der Waals surface area contributed by atoms with Gasteiger partial charge in [0.1, 0.15) is 18.0 Å². The monoisotopic (exact) mass is 336 g/mol. The molecule has 1 aliphatic heterocycles. The topological polar surface area (TPSA) is 32.3 Å². The molecule has 1 saturated heterocycles. The predicted octanol–water partition coefficient (Wildman–Crippen LogP) is 2.70. The van der Waals surface area contributed by atoms with Crippen LogP contribution in [0.1, 0.15) is 0 Å². The van der Waals surface area contributed by atoms with Crippen molar-refractivity contribution in [3.05, 3.63) is 47.1 Å². The molecule has 1 fully saturated rings. The molecule has 1 aromatic carbocycles. The third-order valence-electron chi connectivity index (χ3n) is 3.42.